The van der Waals surface area contributed by atoms with Gasteiger partial charge < -0.3 is 5.32 Å². The van der Waals surface area contributed by atoms with E-state index in [0.29, 0.717) is 12.3 Å². The molecule has 0 saturated heterocycles. The second kappa shape index (κ2) is 7.12. The van der Waals surface area contributed by atoms with Gasteiger partial charge in [-0.1, -0.05) is 37.7 Å². The fourth-order valence-corrected chi connectivity index (χ4v) is 4.63. The molecule has 0 bridgehead atoms. The molecule has 5 nitrogen and oxygen atoms in total. The highest BCUT2D eigenvalue weighted by atomic mass is 32.2. The van der Waals surface area contributed by atoms with Gasteiger partial charge in [-0.3, -0.25) is 4.79 Å². The van der Waals surface area contributed by atoms with Crippen LogP contribution < -0.4 is 5.32 Å². The number of anilines is 1. The average Bonchev–Trinajstić information content (AvgIpc) is 3.02. The number of hydrogen-bond donors (Lipinski definition) is 1. The summed E-state index contributed by atoms with van der Waals surface area (Å²) in [5, 5.41) is 8.84. The topological polar surface area (TPSA) is 59.8 Å². The van der Waals surface area contributed by atoms with Gasteiger partial charge in [-0.25, -0.2) is 4.68 Å². The molecule has 1 aromatic heterocycles. The predicted molar refractivity (Wildman–Crippen MR) is 107 cm³/mol. The molecule has 26 heavy (non-hydrogen) atoms. The van der Waals surface area contributed by atoms with Gasteiger partial charge in [0.15, 0.2) is 5.78 Å². The molecule has 4 rings (SSSR count). The van der Waals surface area contributed by atoms with Crippen molar-refractivity contribution in [2.24, 2.45) is 5.92 Å². The van der Waals surface area contributed by atoms with E-state index in [0.717, 1.165) is 40.1 Å². The van der Waals surface area contributed by atoms with E-state index in [1.165, 1.54) is 4.90 Å². The number of nitrogens with zero attached hydrogens (tertiary/aromatic N) is 3. The van der Waals surface area contributed by atoms with Crippen LogP contribution >= 0.6 is 23.5 Å². The van der Waals surface area contributed by atoms with Gasteiger partial charge in [0.1, 0.15) is 6.04 Å². The number of nitrogens with one attached hydrogen (secondary N) is 1. The molecule has 0 fully saturated rings. The lowest BCUT2D eigenvalue weighted by Crippen LogP contribution is -2.33. The molecule has 7 heteroatoms. The first-order chi connectivity index (χ1) is 12.6. The van der Waals surface area contributed by atoms with Gasteiger partial charge in [-0.2, -0.15) is 4.98 Å². The Kier molecular flexibility index (Phi) is 4.84. The van der Waals surface area contributed by atoms with Gasteiger partial charge in [0.25, 0.3) is 0 Å². The highest BCUT2D eigenvalue weighted by Crippen LogP contribution is 2.42. The van der Waals surface area contributed by atoms with Crippen molar-refractivity contribution in [3.05, 3.63) is 41.1 Å². The Morgan fingerprint density at radius 1 is 1.27 bits per heavy atom. The van der Waals surface area contributed by atoms with Crippen LogP contribution in [0.15, 0.2) is 45.6 Å². The minimum absolute atomic E-state index is 0.198. The van der Waals surface area contributed by atoms with E-state index in [2.05, 4.69) is 54.7 Å². The van der Waals surface area contributed by atoms with E-state index < -0.39 is 0 Å². The van der Waals surface area contributed by atoms with E-state index >= 15 is 0 Å². The van der Waals surface area contributed by atoms with Gasteiger partial charge >= 0.3 is 0 Å². The number of carbonyl (C=O) groups is 1. The van der Waals surface area contributed by atoms with E-state index in [4.69, 9.17) is 5.10 Å². The SMILES string of the molecule is CCSc1nc2n(n1)[C@H](c1ccc(SC)cc1)C1=C(C[C@@H](C)CC1=O)N2. The number of aromatic nitrogens is 3. The Bertz CT molecular complexity index is 872. The first-order valence-electron chi connectivity index (χ1n) is 8.87. The summed E-state index contributed by atoms with van der Waals surface area (Å²) in [6.45, 7) is 4.22. The fourth-order valence-electron chi connectivity index (χ4n) is 3.67. The molecular formula is C19H22N4OS2. The minimum Gasteiger partial charge on any atom is -0.328 e. The van der Waals surface area contributed by atoms with E-state index in [9.17, 15) is 4.79 Å². The third-order valence-corrected chi connectivity index (χ3v) is 6.27. The Morgan fingerprint density at radius 3 is 2.73 bits per heavy atom. The van der Waals surface area contributed by atoms with Crippen LogP contribution in [0.2, 0.25) is 0 Å². The monoisotopic (exact) mass is 386 g/mol. The van der Waals surface area contributed by atoms with Gasteiger partial charge in [-0.15, -0.1) is 16.9 Å². The Morgan fingerprint density at radius 2 is 2.04 bits per heavy atom. The smallest absolute Gasteiger partial charge is 0.227 e. The third-order valence-electron chi connectivity index (χ3n) is 4.81. The van der Waals surface area contributed by atoms with Gasteiger partial charge in [0, 0.05) is 22.6 Å². The standard InChI is InChI=1S/C19H22N4OS2/c1-4-26-19-21-18-20-14-9-11(2)10-15(24)16(14)17(23(18)22-19)12-5-7-13(25-3)8-6-12/h5-8,11,17H,4,9-10H2,1-3H3,(H,20,21,22)/t11-,17-/m1/s1. The Balaban J connectivity index is 1.84. The summed E-state index contributed by atoms with van der Waals surface area (Å²) < 4.78 is 1.89. The van der Waals surface area contributed by atoms with Crippen LogP contribution in [0.1, 0.15) is 38.3 Å². The van der Waals surface area contributed by atoms with Crippen molar-refractivity contribution in [3.8, 4) is 0 Å². The first kappa shape index (κ1) is 17.7. The Labute approximate surface area is 162 Å². The maximum Gasteiger partial charge on any atom is 0.227 e. The molecule has 136 valence electrons. The number of thioether (sulfide) groups is 2. The lowest BCUT2D eigenvalue weighted by atomic mass is 9.81. The van der Waals surface area contributed by atoms with Crippen LogP contribution in [0.5, 0.6) is 0 Å². The summed E-state index contributed by atoms with van der Waals surface area (Å²) in [5.74, 6) is 2.23. The number of rotatable bonds is 4. The molecule has 0 saturated carbocycles. The quantitative estimate of drug-likeness (QED) is 0.787. The normalized spacial score (nSPS) is 22.0. The highest BCUT2D eigenvalue weighted by molar-refractivity contribution is 7.99. The lowest BCUT2D eigenvalue weighted by Gasteiger charge is -2.34. The molecule has 2 heterocycles. The van der Waals surface area contributed by atoms with Gasteiger partial charge in [0.2, 0.25) is 11.1 Å². The van der Waals surface area contributed by atoms with Crippen LogP contribution in [0, 0.1) is 5.92 Å². The predicted octanol–water partition coefficient (Wildman–Crippen LogP) is 4.38. The molecule has 0 spiro atoms. The molecule has 1 aliphatic carbocycles. The first-order valence-corrected chi connectivity index (χ1v) is 11.1. The molecule has 0 radical (unpaired) electrons. The number of Topliss-reactive ketones (excluding diaryl/α,β-unsaturated/α-hetero) is 1. The maximum absolute atomic E-state index is 12.9. The van der Waals surface area contributed by atoms with Crippen LogP contribution in [0.3, 0.4) is 0 Å². The molecule has 0 amide bonds. The number of carbonyl (C=O) groups excluding carboxylic acids is 1. The average molecular weight is 387 g/mol. The van der Waals surface area contributed by atoms with E-state index in [1.54, 1.807) is 23.5 Å². The molecular weight excluding hydrogens is 364 g/mol. The number of fused-ring (bicyclic) bond motifs is 1. The molecule has 1 N–H and O–H groups in total. The van der Waals surface area contributed by atoms with Crippen molar-refractivity contribution >= 4 is 35.3 Å². The molecule has 2 aliphatic rings. The molecule has 2 aromatic rings. The summed E-state index contributed by atoms with van der Waals surface area (Å²) >= 11 is 3.33. The van der Waals surface area contributed by atoms with Gasteiger partial charge in [-0.05, 0) is 42.0 Å². The van der Waals surface area contributed by atoms with Crippen LogP contribution in [0.4, 0.5) is 5.95 Å². The number of allylic oxidation sites excluding steroid dienone is 2. The maximum atomic E-state index is 12.9. The van der Waals surface area contributed by atoms with Gasteiger partial charge in [0.05, 0.1) is 0 Å². The second-order valence-corrected chi connectivity index (χ2v) is 8.84. The van der Waals surface area contributed by atoms with Crippen molar-refractivity contribution in [1.29, 1.82) is 0 Å². The lowest BCUT2D eigenvalue weighted by molar-refractivity contribution is -0.117. The summed E-state index contributed by atoms with van der Waals surface area (Å²) in [7, 11) is 0. The van der Waals surface area contributed by atoms with Crippen molar-refractivity contribution < 1.29 is 4.79 Å². The fraction of sp³-hybridized carbons (Fsp3) is 0.421. The van der Waals surface area contributed by atoms with Crippen molar-refractivity contribution in [1.82, 2.24) is 14.8 Å². The largest absolute Gasteiger partial charge is 0.328 e. The Hall–Kier alpha value is -1.73. The summed E-state index contributed by atoms with van der Waals surface area (Å²) in [4.78, 5) is 18.8. The van der Waals surface area contributed by atoms with Crippen LogP contribution in [0.25, 0.3) is 0 Å². The zero-order chi connectivity index (χ0) is 18.3. The minimum atomic E-state index is -0.198. The van der Waals surface area contributed by atoms with Crippen LogP contribution in [-0.2, 0) is 4.79 Å². The van der Waals surface area contributed by atoms with Crippen molar-refractivity contribution in [2.75, 3.05) is 17.3 Å². The van der Waals surface area contributed by atoms with E-state index in [1.807, 2.05) is 4.68 Å². The molecule has 1 aliphatic heterocycles. The van der Waals surface area contributed by atoms with Crippen molar-refractivity contribution in [2.45, 2.75) is 42.8 Å². The zero-order valence-electron chi connectivity index (χ0n) is 15.2. The number of hydrogen-bond acceptors (Lipinski definition) is 6. The summed E-state index contributed by atoms with van der Waals surface area (Å²) in [5.41, 5.74) is 2.95. The second-order valence-electron chi connectivity index (χ2n) is 6.73. The highest BCUT2D eigenvalue weighted by Gasteiger charge is 2.38. The number of ketones is 1. The zero-order valence-corrected chi connectivity index (χ0v) is 16.8. The molecule has 1 aromatic carbocycles. The summed E-state index contributed by atoms with van der Waals surface area (Å²) in [6, 6.07) is 8.23. The molecule has 2 atom stereocenters. The van der Waals surface area contributed by atoms with E-state index in [-0.39, 0.29) is 11.8 Å². The third kappa shape index (κ3) is 3.07. The summed E-state index contributed by atoms with van der Waals surface area (Å²) in [6.07, 6.45) is 3.54. The number of benzene rings is 1. The molecule has 0 unspecified atom stereocenters. The van der Waals surface area contributed by atoms with Crippen molar-refractivity contribution in [3.63, 3.8) is 0 Å². The van der Waals surface area contributed by atoms with Crippen LogP contribution in [-0.4, -0.2) is 32.6 Å².